The van der Waals surface area contributed by atoms with Crippen LogP contribution in [-0.2, 0) is 9.63 Å². The van der Waals surface area contributed by atoms with Gasteiger partial charge in [0.1, 0.15) is 0 Å². The summed E-state index contributed by atoms with van der Waals surface area (Å²) >= 11 is 0. The Hall–Kier alpha value is -1.37. The highest BCUT2D eigenvalue weighted by Crippen LogP contribution is 2.34. The number of amides is 1. The molecule has 0 aromatic rings. The van der Waals surface area contributed by atoms with Crippen molar-refractivity contribution in [1.82, 2.24) is 10.6 Å². The van der Waals surface area contributed by atoms with Crippen molar-refractivity contribution in [2.75, 3.05) is 13.2 Å². The lowest BCUT2D eigenvalue weighted by molar-refractivity contribution is -0.757. The lowest BCUT2D eigenvalue weighted by Gasteiger charge is -2.13. The molecule has 1 aliphatic carbocycles. The van der Waals surface area contributed by atoms with Crippen molar-refractivity contribution in [3.63, 3.8) is 0 Å². The molecule has 0 radical (unpaired) electrons. The van der Waals surface area contributed by atoms with Gasteiger partial charge in [-0.2, -0.15) is 0 Å². The third-order valence-electron chi connectivity index (χ3n) is 4.50. The van der Waals surface area contributed by atoms with Gasteiger partial charge in [-0.3, -0.25) is 4.79 Å². The molecule has 2 rings (SSSR count). The average molecular weight is 299 g/mol. The Morgan fingerprint density at radius 1 is 1.29 bits per heavy atom. The summed E-state index contributed by atoms with van der Waals surface area (Å²) in [7, 11) is 0. The van der Waals surface area contributed by atoms with E-state index in [1.165, 1.54) is 19.3 Å². The summed E-state index contributed by atoms with van der Waals surface area (Å²) in [5, 5.41) is 15.6. The molecule has 0 aromatic carbocycles. The monoisotopic (exact) mass is 299 g/mol. The molecule has 120 valence electrons. The van der Waals surface area contributed by atoms with Gasteiger partial charge in [-0.25, -0.2) is 0 Å². The Kier molecular flexibility index (Phi) is 6.22. The molecule has 21 heavy (non-hydrogen) atoms. The molecule has 0 spiro atoms. The molecular formula is C14H25N3O4. The molecular weight excluding hydrogens is 274 g/mol. The first kappa shape index (κ1) is 16.0. The molecule has 3 unspecified atom stereocenters. The van der Waals surface area contributed by atoms with Crippen LogP contribution in [0.3, 0.4) is 0 Å². The highest BCUT2D eigenvalue weighted by molar-refractivity contribution is 5.82. The van der Waals surface area contributed by atoms with Gasteiger partial charge in [0.25, 0.3) is 5.09 Å². The van der Waals surface area contributed by atoms with E-state index in [1.807, 2.05) is 0 Å². The third kappa shape index (κ3) is 5.15. The van der Waals surface area contributed by atoms with Crippen molar-refractivity contribution >= 4 is 5.91 Å². The highest BCUT2D eigenvalue weighted by atomic mass is 16.9. The first-order valence-corrected chi connectivity index (χ1v) is 7.98. The largest absolute Gasteiger partial charge is 0.355 e. The minimum Gasteiger partial charge on any atom is -0.355 e. The number of fused-ring (bicyclic) bond motifs is 1. The fraction of sp³-hybridized carbons (Fsp3) is 0.929. The van der Waals surface area contributed by atoms with Gasteiger partial charge in [0.2, 0.25) is 5.91 Å². The van der Waals surface area contributed by atoms with E-state index >= 15 is 0 Å². The van der Waals surface area contributed by atoms with Gasteiger partial charge >= 0.3 is 0 Å². The van der Waals surface area contributed by atoms with Crippen LogP contribution in [0.25, 0.3) is 0 Å². The number of nitrogens with zero attached hydrogens (tertiary/aromatic N) is 1. The molecule has 2 aliphatic rings. The Morgan fingerprint density at radius 3 is 2.86 bits per heavy atom. The molecule has 1 aliphatic heterocycles. The van der Waals surface area contributed by atoms with Gasteiger partial charge in [-0.05, 0) is 38.0 Å². The molecule has 1 saturated carbocycles. The second kappa shape index (κ2) is 8.17. The zero-order valence-electron chi connectivity index (χ0n) is 12.4. The first-order chi connectivity index (χ1) is 10.2. The molecule has 7 nitrogen and oxygen atoms in total. The maximum atomic E-state index is 12.0. The van der Waals surface area contributed by atoms with Crippen LogP contribution in [0.4, 0.5) is 0 Å². The van der Waals surface area contributed by atoms with Crippen LogP contribution in [-0.4, -0.2) is 36.2 Å². The van der Waals surface area contributed by atoms with Crippen LogP contribution in [0.2, 0.25) is 0 Å². The van der Waals surface area contributed by atoms with Gasteiger partial charge in [0.15, 0.2) is 0 Å². The second-order valence-corrected chi connectivity index (χ2v) is 6.01. The highest BCUT2D eigenvalue weighted by Gasteiger charge is 2.39. The van der Waals surface area contributed by atoms with Gasteiger partial charge in [0.05, 0.1) is 12.6 Å². The third-order valence-corrected chi connectivity index (χ3v) is 4.50. The van der Waals surface area contributed by atoms with E-state index in [1.54, 1.807) is 0 Å². The van der Waals surface area contributed by atoms with Crippen molar-refractivity contribution in [2.45, 2.75) is 63.5 Å². The predicted octanol–water partition coefficient (Wildman–Crippen LogP) is 1.40. The average Bonchev–Trinajstić information content (AvgIpc) is 3.02. The SMILES string of the molecule is O=C(NCCCCCCO[N+](=O)[O-])C1CC2CCCC2N1. The lowest BCUT2D eigenvalue weighted by Crippen LogP contribution is -2.42. The van der Waals surface area contributed by atoms with Crippen LogP contribution in [0, 0.1) is 16.0 Å². The molecule has 1 saturated heterocycles. The van der Waals surface area contributed by atoms with E-state index in [0.29, 0.717) is 24.9 Å². The summed E-state index contributed by atoms with van der Waals surface area (Å²) < 4.78 is 0. The number of hydrogen-bond acceptors (Lipinski definition) is 5. The molecule has 3 atom stereocenters. The molecule has 1 amide bonds. The number of rotatable bonds is 9. The molecule has 1 heterocycles. The zero-order chi connectivity index (χ0) is 15.1. The van der Waals surface area contributed by atoms with E-state index in [0.717, 1.165) is 25.7 Å². The molecule has 7 heteroatoms. The predicted molar refractivity (Wildman–Crippen MR) is 77.1 cm³/mol. The Balaban J connectivity index is 1.46. The van der Waals surface area contributed by atoms with E-state index in [4.69, 9.17) is 0 Å². The van der Waals surface area contributed by atoms with Gasteiger partial charge in [-0.15, -0.1) is 10.1 Å². The maximum Gasteiger partial charge on any atom is 0.294 e. The number of unbranched alkanes of at least 4 members (excludes halogenated alkanes) is 3. The maximum absolute atomic E-state index is 12.0. The van der Waals surface area contributed by atoms with E-state index in [-0.39, 0.29) is 18.6 Å². The fourth-order valence-electron chi connectivity index (χ4n) is 3.40. The van der Waals surface area contributed by atoms with Gasteiger partial charge < -0.3 is 15.5 Å². The van der Waals surface area contributed by atoms with Crippen LogP contribution < -0.4 is 10.6 Å². The molecule has 2 fully saturated rings. The number of carbonyl (C=O) groups excluding carboxylic acids is 1. The lowest BCUT2D eigenvalue weighted by atomic mass is 10.0. The summed E-state index contributed by atoms with van der Waals surface area (Å²) in [6.45, 7) is 0.844. The summed E-state index contributed by atoms with van der Waals surface area (Å²) in [6.07, 6.45) is 8.16. The molecule has 0 bridgehead atoms. The Morgan fingerprint density at radius 2 is 2.10 bits per heavy atom. The zero-order valence-corrected chi connectivity index (χ0v) is 12.4. The normalized spacial score (nSPS) is 27.3. The summed E-state index contributed by atoms with van der Waals surface area (Å²) in [5.74, 6) is 0.823. The first-order valence-electron chi connectivity index (χ1n) is 7.98. The van der Waals surface area contributed by atoms with Crippen molar-refractivity contribution in [3.05, 3.63) is 10.1 Å². The topological polar surface area (TPSA) is 93.5 Å². The van der Waals surface area contributed by atoms with Crippen LogP contribution in [0.5, 0.6) is 0 Å². The fourth-order valence-corrected chi connectivity index (χ4v) is 3.40. The number of hydrogen-bond donors (Lipinski definition) is 2. The number of nitrogens with one attached hydrogen (secondary N) is 2. The van der Waals surface area contributed by atoms with Crippen LogP contribution in [0.1, 0.15) is 51.4 Å². The standard InChI is InChI=1S/C14H25N3O4/c18-14(13-10-11-6-5-7-12(11)16-13)15-8-3-1-2-4-9-21-17(19)20/h11-13,16H,1-10H2,(H,15,18). The Bertz CT molecular complexity index is 352. The molecule has 2 N–H and O–H groups in total. The minimum atomic E-state index is -0.760. The van der Waals surface area contributed by atoms with E-state index < -0.39 is 5.09 Å². The van der Waals surface area contributed by atoms with Crippen LogP contribution >= 0.6 is 0 Å². The van der Waals surface area contributed by atoms with E-state index in [9.17, 15) is 14.9 Å². The summed E-state index contributed by atoms with van der Waals surface area (Å²) in [6, 6.07) is 0.552. The van der Waals surface area contributed by atoms with Crippen molar-refractivity contribution in [1.29, 1.82) is 0 Å². The Labute approximate surface area is 124 Å². The van der Waals surface area contributed by atoms with Crippen molar-refractivity contribution < 1.29 is 14.7 Å². The van der Waals surface area contributed by atoms with E-state index in [2.05, 4.69) is 15.5 Å². The second-order valence-electron chi connectivity index (χ2n) is 6.01. The van der Waals surface area contributed by atoms with Crippen molar-refractivity contribution in [3.8, 4) is 0 Å². The summed E-state index contributed by atoms with van der Waals surface area (Å²) in [5.41, 5.74) is 0. The quantitative estimate of drug-likeness (QED) is 0.381. The van der Waals surface area contributed by atoms with Gasteiger partial charge in [0, 0.05) is 12.6 Å². The van der Waals surface area contributed by atoms with Crippen molar-refractivity contribution in [2.24, 2.45) is 5.92 Å². The summed E-state index contributed by atoms with van der Waals surface area (Å²) in [4.78, 5) is 26.2. The minimum absolute atomic E-state index is 0.00575. The molecule has 0 aromatic heterocycles. The number of carbonyl (C=O) groups is 1. The van der Waals surface area contributed by atoms with Gasteiger partial charge in [-0.1, -0.05) is 19.3 Å². The van der Waals surface area contributed by atoms with Crippen LogP contribution in [0.15, 0.2) is 0 Å². The smallest absolute Gasteiger partial charge is 0.294 e.